The van der Waals surface area contributed by atoms with Crippen LogP contribution in [0, 0.1) is 6.92 Å². The molecule has 28 heavy (non-hydrogen) atoms. The fourth-order valence-corrected chi connectivity index (χ4v) is 3.59. The van der Waals surface area contributed by atoms with Crippen LogP contribution >= 0.6 is 11.3 Å². The molecule has 4 aromatic rings. The first-order valence-corrected chi connectivity index (χ1v) is 9.89. The predicted octanol–water partition coefficient (Wildman–Crippen LogP) is 5.51. The molecule has 0 saturated carbocycles. The van der Waals surface area contributed by atoms with Gasteiger partial charge in [-0.2, -0.15) is 0 Å². The highest BCUT2D eigenvalue weighted by molar-refractivity contribution is 7.13. The van der Waals surface area contributed by atoms with Crippen molar-refractivity contribution in [2.24, 2.45) is 0 Å². The number of thiophene rings is 1. The monoisotopic (exact) mass is 389 g/mol. The van der Waals surface area contributed by atoms with Crippen LogP contribution in [0.3, 0.4) is 0 Å². The van der Waals surface area contributed by atoms with Crippen LogP contribution in [0.25, 0.3) is 21.5 Å². The fraction of sp³-hybridized carbons (Fsp3) is 0.130. The number of carbonyl (C=O) groups excluding carboxylic acids is 1. The van der Waals surface area contributed by atoms with Crippen molar-refractivity contribution in [1.29, 1.82) is 0 Å². The van der Waals surface area contributed by atoms with Gasteiger partial charge in [0.25, 0.3) is 0 Å². The van der Waals surface area contributed by atoms with Crippen molar-refractivity contribution >= 4 is 28.2 Å². The molecule has 0 saturated heterocycles. The fourth-order valence-electron chi connectivity index (χ4n) is 2.90. The lowest BCUT2D eigenvalue weighted by atomic mass is 10.1. The maximum absolute atomic E-state index is 12.7. The van der Waals surface area contributed by atoms with Crippen molar-refractivity contribution in [2.75, 3.05) is 13.2 Å². The third-order valence-electron chi connectivity index (χ3n) is 4.32. The lowest BCUT2D eigenvalue weighted by Gasteiger charge is -2.10. The predicted molar refractivity (Wildman–Crippen MR) is 112 cm³/mol. The van der Waals surface area contributed by atoms with E-state index in [1.165, 1.54) is 5.56 Å². The van der Waals surface area contributed by atoms with E-state index in [2.05, 4.69) is 4.98 Å². The summed E-state index contributed by atoms with van der Waals surface area (Å²) >= 11 is 1.59. The Labute approximate surface area is 167 Å². The van der Waals surface area contributed by atoms with Gasteiger partial charge in [0.1, 0.15) is 19.0 Å². The molecule has 0 spiro atoms. The number of carbonyl (C=O) groups is 1. The number of aryl methyl sites for hydroxylation is 1. The van der Waals surface area contributed by atoms with E-state index in [1.54, 1.807) is 17.4 Å². The quantitative estimate of drug-likeness (QED) is 0.322. The minimum absolute atomic E-state index is 0.178. The third kappa shape index (κ3) is 4.05. The Balaban J connectivity index is 1.49. The topological polar surface area (TPSA) is 48.4 Å². The average Bonchev–Trinajstić information content (AvgIpc) is 3.26. The number of ether oxygens (including phenoxy) is 2. The summed E-state index contributed by atoms with van der Waals surface area (Å²) in [6, 6.07) is 21.1. The van der Waals surface area contributed by atoms with E-state index in [-0.39, 0.29) is 12.6 Å². The molecule has 0 amide bonds. The zero-order chi connectivity index (χ0) is 19.3. The van der Waals surface area contributed by atoms with Gasteiger partial charge in [-0.15, -0.1) is 11.3 Å². The molecule has 2 aromatic carbocycles. The Kier molecular flexibility index (Phi) is 5.35. The molecule has 140 valence electrons. The summed E-state index contributed by atoms with van der Waals surface area (Å²) in [5.74, 6) is 0.389. The first-order chi connectivity index (χ1) is 13.7. The Hall–Kier alpha value is -3.18. The maximum atomic E-state index is 12.7. The molecule has 0 N–H and O–H groups in total. The number of pyridine rings is 1. The van der Waals surface area contributed by atoms with E-state index < -0.39 is 0 Å². The van der Waals surface area contributed by atoms with Crippen LogP contribution in [0.1, 0.15) is 15.9 Å². The molecule has 0 aliphatic carbocycles. The molecule has 5 heteroatoms. The van der Waals surface area contributed by atoms with Crippen molar-refractivity contribution in [3.05, 3.63) is 83.2 Å². The van der Waals surface area contributed by atoms with E-state index in [9.17, 15) is 4.79 Å². The summed E-state index contributed by atoms with van der Waals surface area (Å²) in [4.78, 5) is 18.4. The van der Waals surface area contributed by atoms with Crippen LogP contribution in [0.15, 0.2) is 72.1 Å². The summed E-state index contributed by atoms with van der Waals surface area (Å²) < 4.78 is 11.1. The summed E-state index contributed by atoms with van der Waals surface area (Å²) in [6.45, 7) is 2.50. The molecule has 4 rings (SSSR count). The normalized spacial score (nSPS) is 10.8. The molecule has 2 aromatic heterocycles. The van der Waals surface area contributed by atoms with Gasteiger partial charge < -0.3 is 9.47 Å². The highest BCUT2D eigenvalue weighted by atomic mass is 32.1. The second kappa shape index (κ2) is 8.23. The van der Waals surface area contributed by atoms with Gasteiger partial charge in [-0.3, -0.25) is 0 Å². The van der Waals surface area contributed by atoms with Crippen molar-refractivity contribution in [3.63, 3.8) is 0 Å². The number of benzene rings is 2. The molecule has 0 bridgehead atoms. The number of aromatic nitrogens is 1. The number of hydrogen-bond acceptors (Lipinski definition) is 5. The zero-order valence-electron chi connectivity index (χ0n) is 15.4. The molecular formula is C23H19NO3S. The SMILES string of the molecule is Cc1ccc(OCCOC(=O)c2cc(-c3cccs3)nc3ccccc23)cc1. The molecule has 0 atom stereocenters. The molecule has 0 radical (unpaired) electrons. The lowest BCUT2D eigenvalue weighted by molar-refractivity contribution is 0.0452. The summed E-state index contributed by atoms with van der Waals surface area (Å²) in [7, 11) is 0. The summed E-state index contributed by atoms with van der Waals surface area (Å²) in [6.07, 6.45) is 0. The Morgan fingerprint density at radius 2 is 1.82 bits per heavy atom. The van der Waals surface area contributed by atoms with E-state index >= 15 is 0 Å². The number of esters is 1. The van der Waals surface area contributed by atoms with Gasteiger partial charge in [-0.1, -0.05) is 42.0 Å². The standard InChI is InChI=1S/C23H19NO3S/c1-16-8-10-17(11-9-16)26-12-13-27-23(25)19-15-21(22-7-4-14-28-22)24-20-6-3-2-5-18(19)20/h2-11,14-15H,12-13H2,1H3. The van der Waals surface area contributed by atoms with Gasteiger partial charge in [0.15, 0.2) is 0 Å². The highest BCUT2D eigenvalue weighted by Crippen LogP contribution is 2.28. The summed E-state index contributed by atoms with van der Waals surface area (Å²) in [5.41, 5.74) is 3.24. The molecule has 4 nitrogen and oxygen atoms in total. The molecule has 2 heterocycles. The van der Waals surface area contributed by atoms with E-state index in [0.717, 1.165) is 27.2 Å². The number of nitrogens with zero attached hydrogens (tertiary/aromatic N) is 1. The van der Waals surface area contributed by atoms with Gasteiger partial charge in [0.2, 0.25) is 0 Å². The van der Waals surface area contributed by atoms with Gasteiger partial charge in [-0.25, -0.2) is 9.78 Å². The Morgan fingerprint density at radius 1 is 1.00 bits per heavy atom. The van der Waals surface area contributed by atoms with Crippen LogP contribution in [0.2, 0.25) is 0 Å². The number of rotatable bonds is 6. The Bertz CT molecular complexity index is 1090. The van der Waals surface area contributed by atoms with Crippen molar-refractivity contribution < 1.29 is 14.3 Å². The first-order valence-electron chi connectivity index (χ1n) is 9.01. The maximum Gasteiger partial charge on any atom is 0.339 e. The third-order valence-corrected chi connectivity index (χ3v) is 5.21. The van der Waals surface area contributed by atoms with Crippen LogP contribution in [-0.2, 0) is 4.74 Å². The van der Waals surface area contributed by atoms with E-state index in [4.69, 9.17) is 9.47 Å². The van der Waals surface area contributed by atoms with Gasteiger partial charge in [0, 0.05) is 5.39 Å². The molecule has 0 aliphatic rings. The minimum Gasteiger partial charge on any atom is -0.490 e. The van der Waals surface area contributed by atoms with E-state index in [0.29, 0.717) is 12.2 Å². The number of fused-ring (bicyclic) bond motifs is 1. The minimum atomic E-state index is -0.371. The van der Waals surface area contributed by atoms with Crippen LogP contribution in [-0.4, -0.2) is 24.2 Å². The van der Waals surface area contributed by atoms with Gasteiger partial charge in [0.05, 0.1) is 21.7 Å². The molecule has 0 fully saturated rings. The van der Waals surface area contributed by atoms with Crippen molar-refractivity contribution in [3.8, 4) is 16.3 Å². The van der Waals surface area contributed by atoms with Gasteiger partial charge in [-0.05, 0) is 42.6 Å². The van der Waals surface area contributed by atoms with Gasteiger partial charge >= 0.3 is 5.97 Å². The summed E-state index contributed by atoms with van der Waals surface area (Å²) in [5, 5.41) is 2.78. The average molecular weight is 389 g/mol. The smallest absolute Gasteiger partial charge is 0.339 e. The van der Waals surface area contributed by atoms with Crippen LogP contribution in [0.5, 0.6) is 5.75 Å². The highest BCUT2D eigenvalue weighted by Gasteiger charge is 2.15. The molecule has 0 aliphatic heterocycles. The second-order valence-electron chi connectivity index (χ2n) is 6.35. The number of hydrogen-bond donors (Lipinski definition) is 0. The molecular weight excluding hydrogens is 370 g/mol. The second-order valence-corrected chi connectivity index (χ2v) is 7.29. The van der Waals surface area contributed by atoms with Crippen LogP contribution < -0.4 is 4.74 Å². The first kappa shape index (κ1) is 18.2. The number of para-hydroxylation sites is 1. The van der Waals surface area contributed by atoms with Crippen LogP contribution in [0.4, 0.5) is 0 Å². The Morgan fingerprint density at radius 3 is 2.61 bits per heavy atom. The van der Waals surface area contributed by atoms with Crippen molar-refractivity contribution in [1.82, 2.24) is 4.98 Å². The largest absolute Gasteiger partial charge is 0.490 e. The zero-order valence-corrected chi connectivity index (χ0v) is 16.2. The lowest BCUT2D eigenvalue weighted by Crippen LogP contribution is -2.13. The van der Waals surface area contributed by atoms with Crippen molar-refractivity contribution in [2.45, 2.75) is 6.92 Å². The van der Waals surface area contributed by atoms with E-state index in [1.807, 2.05) is 73.0 Å². The molecule has 0 unspecified atom stereocenters.